The van der Waals surface area contributed by atoms with Crippen molar-refractivity contribution in [3.05, 3.63) is 35.4 Å². The van der Waals surface area contributed by atoms with Gasteiger partial charge < -0.3 is 5.32 Å². The van der Waals surface area contributed by atoms with E-state index in [0.717, 1.165) is 18.9 Å². The summed E-state index contributed by atoms with van der Waals surface area (Å²) in [5.74, 6) is 0.782. The van der Waals surface area contributed by atoms with E-state index >= 15 is 0 Å². The molecule has 1 N–H and O–H groups in total. The lowest BCUT2D eigenvalue weighted by Crippen LogP contribution is -2.22. The van der Waals surface area contributed by atoms with Crippen LogP contribution in [0, 0.1) is 5.92 Å². The summed E-state index contributed by atoms with van der Waals surface area (Å²) < 4.78 is 0. The quantitative estimate of drug-likeness (QED) is 0.739. The second kappa shape index (κ2) is 7.50. The molecular weight excluding hydrogens is 206 g/mol. The lowest BCUT2D eigenvalue weighted by Gasteiger charge is -2.22. The average molecular weight is 233 g/mol. The standard InChI is InChI=1S/C16H27N/c1-5-13(4)12-16(17-7-3)15-10-8-14(6-2)9-11-15/h8-11,13,16-17H,5-7,12H2,1-4H3. The first kappa shape index (κ1) is 14.2. The predicted molar refractivity (Wildman–Crippen MR) is 76.3 cm³/mol. The number of aryl methyl sites for hydroxylation is 1. The van der Waals surface area contributed by atoms with E-state index in [2.05, 4.69) is 57.3 Å². The maximum atomic E-state index is 3.60. The van der Waals surface area contributed by atoms with Crippen LogP contribution in [0.1, 0.15) is 57.7 Å². The van der Waals surface area contributed by atoms with Gasteiger partial charge in [0.25, 0.3) is 0 Å². The van der Waals surface area contributed by atoms with E-state index in [9.17, 15) is 0 Å². The largest absolute Gasteiger partial charge is 0.310 e. The second-order valence-electron chi connectivity index (χ2n) is 4.95. The van der Waals surface area contributed by atoms with Crippen molar-refractivity contribution in [1.29, 1.82) is 0 Å². The van der Waals surface area contributed by atoms with Crippen molar-refractivity contribution < 1.29 is 0 Å². The van der Waals surface area contributed by atoms with E-state index < -0.39 is 0 Å². The minimum absolute atomic E-state index is 0.515. The molecule has 1 heteroatoms. The number of rotatable bonds is 7. The summed E-state index contributed by atoms with van der Waals surface area (Å²) in [5.41, 5.74) is 2.86. The van der Waals surface area contributed by atoms with Gasteiger partial charge in [0.2, 0.25) is 0 Å². The molecule has 0 spiro atoms. The molecule has 0 radical (unpaired) electrons. The van der Waals surface area contributed by atoms with Crippen LogP contribution >= 0.6 is 0 Å². The molecule has 17 heavy (non-hydrogen) atoms. The highest BCUT2D eigenvalue weighted by Crippen LogP contribution is 2.23. The van der Waals surface area contributed by atoms with Crippen LogP contribution in [-0.4, -0.2) is 6.54 Å². The second-order valence-corrected chi connectivity index (χ2v) is 4.95. The first-order valence-electron chi connectivity index (χ1n) is 7.03. The van der Waals surface area contributed by atoms with Crippen molar-refractivity contribution in [3.8, 4) is 0 Å². The van der Waals surface area contributed by atoms with Crippen molar-refractivity contribution in [3.63, 3.8) is 0 Å². The van der Waals surface area contributed by atoms with Crippen molar-refractivity contribution in [1.82, 2.24) is 5.32 Å². The Labute approximate surface area is 107 Å². The van der Waals surface area contributed by atoms with Gasteiger partial charge in [-0.15, -0.1) is 0 Å². The van der Waals surface area contributed by atoms with Crippen LogP contribution in [0.5, 0.6) is 0 Å². The molecule has 0 aliphatic carbocycles. The van der Waals surface area contributed by atoms with Gasteiger partial charge in [0.05, 0.1) is 0 Å². The molecule has 0 aliphatic heterocycles. The van der Waals surface area contributed by atoms with Crippen LogP contribution in [0.4, 0.5) is 0 Å². The highest BCUT2D eigenvalue weighted by molar-refractivity contribution is 5.25. The maximum absolute atomic E-state index is 3.60. The van der Waals surface area contributed by atoms with Gasteiger partial charge in [-0.25, -0.2) is 0 Å². The zero-order valence-corrected chi connectivity index (χ0v) is 11.8. The molecule has 0 bridgehead atoms. The Balaban J connectivity index is 2.73. The van der Waals surface area contributed by atoms with Crippen molar-refractivity contribution in [2.24, 2.45) is 5.92 Å². The van der Waals surface area contributed by atoms with Crippen LogP contribution in [0.15, 0.2) is 24.3 Å². The summed E-state index contributed by atoms with van der Waals surface area (Å²) in [4.78, 5) is 0. The molecule has 0 fully saturated rings. The number of benzene rings is 1. The van der Waals surface area contributed by atoms with Crippen LogP contribution in [0.25, 0.3) is 0 Å². The normalized spacial score (nSPS) is 14.6. The molecule has 2 unspecified atom stereocenters. The summed E-state index contributed by atoms with van der Waals surface area (Å²) in [6.45, 7) is 10.0. The van der Waals surface area contributed by atoms with Gasteiger partial charge in [-0.05, 0) is 36.4 Å². The zero-order chi connectivity index (χ0) is 12.7. The van der Waals surface area contributed by atoms with E-state index in [0.29, 0.717) is 6.04 Å². The first-order valence-corrected chi connectivity index (χ1v) is 7.03. The monoisotopic (exact) mass is 233 g/mol. The summed E-state index contributed by atoms with van der Waals surface area (Å²) in [7, 11) is 0. The van der Waals surface area contributed by atoms with Crippen LogP contribution in [0.3, 0.4) is 0 Å². The summed E-state index contributed by atoms with van der Waals surface area (Å²) in [5, 5.41) is 3.60. The van der Waals surface area contributed by atoms with Crippen LogP contribution < -0.4 is 5.32 Å². The molecular formula is C16H27N. The Morgan fingerprint density at radius 3 is 2.18 bits per heavy atom. The Kier molecular flexibility index (Phi) is 6.28. The molecule has 96 valence electrons. The Hall–Kier alpha value is -0.820. The minimum atomic E-state index is 0.515. The van der Waals surface area contributed by atoms with E-state index in [4.69, 9.17) is 0 Å². The summed E-state index contributed by atoms with van der Waals surface area (Å²) >= 11 is 0. The Morgan fingerprint density at radius 2 is 1.71 bits per heavy atom. The van der Waals surface area contributed by atoms with E-state index in [1.807, 2.05) is 0 Å². The summed E-state index contributed by atoms with van der Waals surface area (Å²) in [6, 6.07) is 9.61. The van der Waals surface area contributed by atoms with E-state index in [1.54, 1.807) is 0 Å². The average Bonchev–Trinajstić information content (AvgIpc) is 2.38. The molecule has 0 heterocycles. The molecule has 0 saturated heterocycles. The molecule has 0 amide bonds. The summed E-state index contributed by atoms with van der Waals surface area (Å²) in [6.07, 6.45) is 3.61. The van der Waals surface area contributed by atoms with Crippen LogP contribution in [0.2, 0.25) is 0 Å². The van der Waals surface area contributed by atoms with Gasteiger partial charge >= 0.3 is 0 Å². The molecule has 1 aromatic rings. The number of hydrogen-bond acceptors (Lipinski definition) is 1. The molecule has 0 aromatic heterocycles. The molecule has 2 atom stereocenters. The third-order valence-corrected chi connectivity index (χ3v) is 3.58. The molecule has 1 aromatic carbocycles. The van der Waals surface area contributed by atoms with Gasteiger partial charge in [0.15, 0.2) is 0 Å². The lowest BCUT2D eigenvalue weighted by molar-refractivity contribution is 0.408. The third kappa shape index (κ3) is 4.51. The third-order valence-electron chi connectivity index (χ3n) is 3.58. The molecule has 1 rings (SSSR count). The van der Waals surface area contributed by atoms with Crippen molar-refractivity contribution >= 4 is 0 Å². The van der Waals surface area contributed by atoms with Gasteiger partial charge in [0.1, 0.15) is 0 Å². The highest BCUT2D eigenvalue weighted by atomic mass is 14.9. The van der Waals surface area contributed by atoms with E-state index in [-0.39, 0.29) is 0 Å². The number of nitrogens with one attached hydrogen (secondary N) is 1. The smallest absolute Gasteiger partial charge is 0.0322 e. The highest BCUT2D eigenvalue weighted by Gasteiger charge is 2.13. The minimum Gasteiger partial charge on any atom is -0.310 e. The van der Waals surface area contributed by atoms with Gasteiger partial charge in [-0.1, -0.05) is 58.4 Å². The zero-order valence-electron chi connectivity index (χ0n) is 11.8. The fraction of sp³-hybridized carbons (Fsp3) is 0.625. The molecule has 1 nitrogen and oxygen atoms in total. The van der Waals surface area contributed by atoms with Gasteiger partial charge in [0, 0.05) is 6.04 Å². The predicted octanol–water partition coefficient (Wildman–Crippen LogP) is 4.34. The molecule has 0 aliphatic rings. The number of hydrogen-bond donors (Lipinski definition) is 1. The maximum Gasteiger partial charge on any atom is 0.0322 e. The van der Waals surface area contributed by atoms with Crippen molar-refractivity contribution in [2.45, 2.75) is 53.0 Å². The lowest BCUT2D eigenvalue weighted by atomic mass is 9.93. The van der Waals surface area contributed by atoms with E-state index in [1.165, 1.54) is 24.0 Å². The van der Waals surface area contributed by atoms with Crippen LogP contribution in [-0.2, 0) is 6.42 Å². The Bertz CT molecular complexity index is 302. The fourth-order valence-corrected chi connectivity index (χ4v) is 2.14. The van der Waals surface area contributed by atoms with Gasteiger partial charge in [-0.3, -0.25) is 0 Å². The topological polar surface area (TPSA) is 12.0 Å². The van der Waals surface area contributed by atoms with Gasteiger partial charge in [-0.2, -0.15) is 0 Å². The first-order chi connectivity index (χ1) is 8.21. The Morgan fingerprint density at radius 1 is 1.06 bits per heavy atom. The van der Waals surface area contributed by atoms with Crippen molar-refractivity contribution in [2.75, 3.05) is 6.54 Å². The SMILES string of the molecule is CCNC(CC(C)CC)c1ccc(CC)cc1. The molecule has 0 saturated carbocycles. The fourth-order valence-electron chi connectivity index (χ4n) is 2.14.